The van der Waals surface area contributed by atoms with Crippen molar-refractivity contribution in [1.82, 2.24) is 15.0 Å². The van der Waals surface area contributed by atoms with E-state index in [1.165, 1.54) is 54.3 Å². The average molecular weight is 834 g/mol. The first-order valence-electron chi connectivity index (χ1n) is 16.7. The molecule has 1 fully saturated rings. The zero-order chi connectivity index (χ0) is 33.2. The van der Waals surface area contributed by atoms with Crippen LogP contribution in [0.1, 0.15) is 57.6 Å². The van der Waals surface area contributed by atoms with Gasteiger partial charge in [-0.2, -0.15) is 0 Å². The van der Waals surface area contributed by atoms with E-state index in [-0.39, 0.29) is 31.3 Å². The number of fused-ring (bicyclic) bond motifs is 3. The van der Waals surface area contributed by atoms with Gasteiger partial charge in [0.2, 0.25) is 5.71 Å². The maximum atomic E-state index is 13.6. The fourth-order valence-electron chi connectivity index (χ4n) is 6.61. The van der Waals surface area contributed by atoms with E-state index in [0.717, 1.165) is 46.7 Å². The molecular weight excluding hydrogens is 790 g/mol. The van der Waals surface area contributed by atoms with Crippen molar-refractivity contribution < 1.29 is 28.9 Å². The second-order valence-corrected chi connectivity index (χ2v) is 20.2. The maximum Gasteiger partial charge on any atom is 0.216 e. The number of pyridine rings is 3. The van der Waals surface area contributed by atoms with E-state index in [0.29, 0.717) is 16.7 Å². The Kier molecular flexibility index (Phi) is 11.1. The van der Waals surface area contributed by atoms with Crippen LogP contribution < -0.4 is 5.19 Å². The normalized spacial score (nSPS) is 13.7. The molecule has 1 radical (unpaired) electrons. The minimum Gasteiger partial charge on any atom is -0.486 e. The number of hydrogen-bond donors (Lipinski definition) is 0. The first-order chi connectivity index (χ1) is 22.4. The van der Waals surface area contributed by atoms with E-state index in [1.807, 2.05) is 30.5 Å². The van der Waals surface area contributed by atoms with Gasteiger partial charge in [0.05, 0.1) is 19.9 Å². The van der Waals surface area contributed by atoms with Crippen LogP contribution in [0.2, 0.25) is 19.6 Å². The van der Waals surface area contributed by atoms with Crippen LogP contribution >= 0.6 is 0 Å². The van der Waals surface area contributed by atoms with Crippen molar-refractivity contribution in [3.63, 3.8) is 0 Å². The molecule has 2 aromatic carbocycles. The molecule has 7 rings (SSSR count). The molecule has 1 aliphatic rings. The van der Waals surface area contributed by atoms with Crippen LogP contribution in [0.4, 0.5) is 4.39 Å². The molecule has 251 valence electrons. The summed E-state index contributed by atoms with van der Waals surface area (Å²) in [6, 6.07) is 26.3. The van der Waals surface area contributed by atoms with E-state index in [4.69, 9.17) is 9.40 Å². The second-order valence-electron chi connectivity index (χ2n) is 15.1. The van der Waals surface area contributed by atoms with Gasteiger partial charge >= 0.3 is 0 Å². The number of hydrogen-bond acceptors (Lipinski definition) is 4. The van der Waals surface area contributed by atoms with Crippen LogP contribution in [-0.2, 0) is 32.9 Å². The standard InChI is InChI=1S/C22H18FN2O.C19H26NSi.Ir/c23-17-12-19-18-11-16(5-6-21(18)26-22(19)25-13-17)20-10-15(7-8-24-20)9-14-3-1-2-4-14;1-19(2,3)13-16-12-17(15-10-8-7-9-11-15)20-14-18(16)21(4,5)6;/h6-8,10-14H,1-4,9H2;7-10,12,14H,13H2,1-6H3;/q2*-1;. The van der Waals surface area contributed by atoms with Gasteiger partial charge in [0.1, 0.15) is 5.82 Å². The molecule has 0 N–H and O–H groups in total. The number of benzene rings is 2. The maximum absolute atomic E-state index is 13.6. The summed E-state index contributed by atoms with van der Waals surface area (Å²) in [7, 11) is -1.37. The summed E-state index contributed by atoms with van der Waals surface area (Å²) < 4.78 is 19.3. The number of rotatable bonds is 6. The third-order valence-electron chi connectivity index (χ3n) is 8.83. The van der Waals surface area contributed by atoms with E-state index < -0.39 is 8.07 Å². The van der Waals surface area contributed by atoms with Crippen molar-refractivity contribution >= 4 is 35.3 Å². The van der Waals surface area contributed by atoms with Crippen LogP contribution in [-0.4, -0.2) is 23.0 Å². The molecule has 6 aromatic rings. The van der Waals surface area contributed by atoms with Crippen molar-refractivity contribution in [3.8, 4) is 22.5 Å². The number of nitrogens with zero attached hydrogens (tertiary/aromatic N) is 3. The predicted molar refractivity (Wildman–Crippen MR) is 194 cm³/mol. The Balaban J connectivity index is 0.000000189. The molecule has 0 unspecified atom stereocenters. The zero-order valence-corrected chi connectivity index (χ0v) is 32.2. The molecule has 48 heavy (non-hydrogen) atoms. The fraction of sp³-hybridized carbons (Fsp3) is 0.341. The number of aromatic nitrogens is 3. The molecule has 4 heterocycles. The van der Waals surface area contributed by atoms with E-state index in [2.05, 4.69) is 93.0 Å². The molecule has 0 atom stereocenters. The van der Waals surface area contributed by atoms with E-state index in [1.54, 1.807) is 6.07 Å². The first kappa shape index (κ1) is 35.8. The zero-order valence-electron chi connectivity index (χ0n) is 28.8. The molecule has 0 aliphatic heterocycles. The van der Waals surface area contributed by atoms with Crippen molar-refractivity contribution in [2.75, 3.05) is 0 Å². The Morgan fingerprint density at radius 1 is 0.875 bits per heavy atom. The SMILES string of the molecule is CC(C)(C)Cc1cc(-c2[c-]cccc2)ncc1[Si](C)(C)C.Fc1cnc2oc3c[c-]c(-c4cc(CC5CCCC5)ccn4)cc3c2c1.[Ir]. The summed E-state index contributed by atoms with van der Waals surface area (Å²) in [5.74, 6) is 0.426. The summed E-state index contributed by atoms with van der Waals surface area (Å²) in [5.41, 5.74) is 8.06. The molecule has 0 amide bonds. The van der Waals surface area contributed by atoms with Gasteiger partial charge in [0.25, 0.3) is 0 Å². The molecule has 0 saturated heterocycles. The molecule has 0 bridgehead atoms. The largest absolute Gasteiger partial charge is 0.486 e. The minimum atomic E-state index is -1.37. The van der Waals surface area contributed by atoms with Gasteiger partial charge in [-0.15, -0.1) is 59.7 Å². The van der Waals surface area contributed by atoms with Gasteiger partial charge in [-0.25, -0.2) is 9.37 Å². The van der Waals surface area contributed by atoms with E-state index in [9.17, 15) is 4.39 Å². The third kappa shape index (κ3) is 8.74. The van der Waals surface area contributed by atoms with Crippen LogP contribution in [0.25, 0.3) is 44.6 Å². The topological polar surface area (TPSA) is 51.8 Å². The Hall–Kier alpha value is -3.51. The van der Waals surface area contributed by atoms with E-state index >= 15 is 0 Å². The third-order valence-corrected chi connectivity index (χ3v) is 10.9. The van der Waals surface area contributed by atoms with Crippen molar-refractivity contribution in [3.05, 3.63) is 108 Å². The van der Waals surface area contributed by atoms with Crippen LogP contribution in [0, 0.1) is 29.3 Å². The van der Waals surface area contributed by atoms with Crippen LogP contribution in [0.15, 0.2) is 83.7 Å². The molecule has 1 saturated carbocycles. The molecular formula is C41H44FIrN3OSi-2. The minimum absolute atomic E-state index is 0. The Labute approximate surface area is 299 Å². The van der Waals surface area contributed by atoms with Crippen molar-refractivity contribution in [2.45, 2.75) is 78.9 Å². The summed E-state index contributed by atoms with van der Waals surface area (Å²) in [6.45, 7) is 14.1. The smallest absolute Gasteiger partial charge is 0.216 e. The van der Waals surface area contributed by atoms with Gasteiger partial charge in [-0.1, -0.05) is 94.7 Å². The van der Waals surface area contributed by atoms with Gasteiger partial charge in [0.15, 0.2) is 0 Å². The summed E-state index contributed by atoms with van der Waals surface area (Å²) in [6.07, 6.45) is 12.7. The summed E-state index contributed by atoms with van der Waals surface area (Å²) in [4.78, 5) is 13.3. The predicted octanol–water partition coefficient (Wildman–Crippen LogP) is 10.4. The summed E-state index contributed by atoms with van der Waals surface area (Å²) >= 11 is 0. The van der Waals surface area contributed by atoms with Gasteiger partial charge in [-0.3, -0.25) is 0 Å². The average Bonchev–Trinajstić information content (AvgIpc) is 3.68. The Morgan fingerprint density at radius 3 is 2.35 bits per heavy atom. The first-order valence-corrected chi connectivity index (χ1v) is 20.2. The molecule has 4 aromatic heterocycles. The molecule has 0 spiro atoms. The fourth-order valence-corrected chi connectivity index (χ4v) is 8.19. The quantitative estimate of drug-likeness (QED) is 0.124. The molecule has 1 aliphatic carbocycles. The second kappa shape index (κ2) is 14.9. The summed E-state index contributed by atoms with van der Waals surface area (Å²) in [5, 5.41) is 3.00. The van der Waals surface area contributed by atoms with Gasteiger partial charge in [0, 0.05) is 37.9 Å². The van der Waals surface area contributed by atoms with Crippen LogP contribution in [0.5, 0.6) is 0 Å². The molecule has 7 heteroatoms. The number of halogens is 1. The van der Waals surface area contributed by atoms with Crippen molar-refractivity contribution in [2.24, 2.45) is 11.3 Å². The Bertz CT molecular complexity index is 1990. The number of furan rings is 1. The van der Waals surface area contributed by atoms with Gasteiger partial charge < -0.3 is 14.4 Å². The Morgan fingerprint density at radius 2 is 1.65 bits per heavy atom. The molecule has 4 nitrogen and oxygen atoms in total. The van der Waals surface area contributed by atoms with Gasteiger partial charge in [-0.05, 0) is 52.9 Å². The van der Waals surface area contributed by atoms with Crippen LogP contribution in [0.3, 0.4) is 0 Å². The monoisotopic (exact) mass is 834 g/mol. The van der Waals surface area contributed by atoms with Crippen molar-refractivity contribution in [1.29, 1.82) is 0 Å².